The summed E-state index contributed by atoms with van der Waals surface area (Å²) in [5.74, 6) is -10.4. The van der Waals surface area contributed by atoms with Crippen LogP contribution in [-0.2, 0) is 35.7 Å². The second-order valence-electron chi connectivity index (χ2n) is 11.2. The summed E-state index contributed by atoms with van der Waals surface area (Å²) in [6.07, 6.45) is 5.67. The first-order chi connectivity index (χ1) is 22.3. The van der Waals surface area contributed by atoms with Gasteiger partial charge >= 0.3 is 11.9 Å². The minimum absolute atomic E-state index is 0.00113. The van der Waals surface area contributed by atoms with E-state index in [1.807, 2.05) is 24.3 Å². The first-order valence-corrected chi connectivity index (χ1v) is 16.5. The topological polar surface area (TPSA) is 113 Å². The first kappa shape index (κ1) is 35.6. The number of benzene rings is 3. The monoisotopic (exact) mass is 677 g/mol. The average Bonchev–Trinajstić information content (AvgIpc) is 3.06. The summed E-state index contributed by atoms with van der Waals surface area (Å²) in [5, 5.41) is 2.37. The maximum atomic E-state index is 14.7. The summed E-state index contributed by atoms with van der Waals surface area (Å²) in [5.41, 5.74) is 1.27. The Hall–Kier alpha value is -4.30. The Morgan fingerprint density at radius 3 is 2.00 bits per heavy atom. The van der Waals surface area contributed by atoms with Crippen molar-refractivity contribution in [1.82, 2.24) is 4.31 Å². The van der Waals surface area contributed by atoms with Gasteiger partial charge in [0.15, 0.2) is 28.2 Å². The summed E-state index contributed by atoms with van der Waals surface area (Å²) >= 11 is 0. The molecule has 2 amide bonds. The fourth-order valence-electron chi connectivity index (χ4n) is 5.41. The summed E-state index contributed by atoms with van der Waals surface area (Å²) in [6.45, 7) is 1.29. The molecule has 0 atom stereocenters. The van der Waals surface area contributed by atoms with Gasteiger partial charge in [-0.05, 0) is 68.0 Å². The van der Waals surface area contributed by atoms with Gasteiger partial charge in [-0.3, -0.25) is 9.59 Å². The van der Waals surface area contributed by atoms with Gasteiger partial charge in [0.2, 0.25) is 15.9 Å². The Balaban J connectivity index is 1.62. The number of nitrogens with one attached hydrogen (secondary N) is 1. The van der Waals surface area contributed by atoms with Crippen molar-refractivity contribution < 1.29 is 45.1 Å². The van der Waals surface area contributed by atoms with Gasteiger partial charge in [0.05, 0.1) is 19.7 Å². The molecule has 0 bridgehead atoms. The zero-order valence-electron chi connectivity index (χ0n) is 26.1. The van der Waals surface area contributed by atoms with Gasteiger partial charge in [0.25, 0.3) is 0 Å². The molecule has 1 saturated carbocycles. The predicted octanol–water partition coefficient (Wildman–Crippen LogP) is 5.95. The molecule has 252 valence electrons. The van der Waals surface area contributed by atoms with Gasteiger partial charge in [-0.25, -0.2) is 30.8 Å². The molecule has 1 aliphatic rings. The second kappa shape index (κ2) is 15.1. The molecule has 0 saturated heterocycles. The molecule has 3 aromatic carbocycles. The Morgan fingerprint density at radius 2 is 1.45 bits per heavy atom. The van der Waals surface area contributed by atoms with Gasteiger partial charge in [-0.1, -0.05) is 43.5 Å². The molecule has 47 heavy (non-hydrogen) atoms. The average molecular weight is 678 g/mol. The summed E-state index contributed by atoms with van der Waals surface area (Å²) in [7, 11) is -4.38. The zero-order chi connectivity index (χ0) is 34.5. The van der Waals surface area contributed by atoms with Gasteiger partial charge in [-0.15, -0.1) is 0 Å². The fourth-order valence-corrected chi connectivity index (χ4v) is 6.63. The lowest BCUT2D eigenvalue weighted by atomic mass is 9.84. The third-order valence-corrected chi connectivity index (χ3v) is 9.89. The molecule has 1 N–H and O–H groups in total. The highest BCUT2D eigenvalue weighted by Gasteiger charge is 2.36. The van der Waals surface area contributed by atoms with Crippen LogP contribution in [0.5, 0.6) is 0 Å². The van der Waals surface area contributed by atoms with Crippen molar-refractivity contribution in [2.45, 2.75) is 63.3 Å². The molecule has 0 radical (unpaired) electrons. The van der Waals surface area contributed by atoms with Crippen molar-refractivity contribution in [2.75, 3.05) is 30.4 Å². The van der Waals surface area contributed by atoms with Crippen LogP contribution in [0.2, 0.25) is 0 Å². The highest BCUT2D eigenvalue weighted by Crippen LogP contribution is 2.33. The molecule has 9 nitrogen and oxygen atoms in total. The molecule has 3 aromatic rings. The van der Waals surface area contributed by atoms with Crippen LogP contribution in [0.25, 0.3) is 0 Å². The standard InChI is InChI=1S/C33H35F4N3O6S/c1-4-46-33(43)32(42)38-24-14-16-25(17-15-24)40(18-21-10-12-23(13-11-21)22-8-6-5-7-9-22)26(41)19-39(3)47(44,45)31-29(36)27(34)20(2)28(35)30(31)37/h10-17,22H,4-9,18-19H2,1-3H3,(H,38,42). The van der Waals surface area contributed by atoms with Crippen LogP contribution < -0.4 is 10.2 Å². The number of hydrogen-bond acceptors (Lipinski definition) is 6. The summed E-state index contributed by atoms with van der Waals surface area (Å²) in [4.78, 5) is 36.8. The van der Waals surface area contributed by atoms with Crippen molar-refractivity contribution in [3.63, 3.8) is 0 Å². The van der Waals surface area contributed by atoms with E-state index in [9.17, 15) is 40.4 Å². The zero-order valence-corrected chi connectivity index (χ0v) is 26.9. The lowest BCUT2D eigenvalue weighted by molar-refractivity contribution is -0.152. The smallest absolute Gasteiger partial charge is 0.397 e. The summed E-state index contributed by atoms with van der Waals surface area (Å²) in [6, 6.07) is 13.3. The number of halogens is 4. The molecule has 0 heterocycles. The van der Waals surface area contributed by atoms with E-state index in [4.69, 9.17) is 0 Å². The molecule has 0 unspecified atom stereocenters. The largest absolute Gasteiger partial charge is 0.459 e. The highest BCUT2D eigenvalue weighted by molar-refractivity contribution is 7.89. The van der Waals surface area contributed by atoms with Gasteiger partial charge in [-0.2, -0.15) is 4.31 Å². The van der Waals surface area contributed by atoms with E-state index in [-0.39, 0.29) is 24.5 Å². The van der Waals surface area contributed by atoms with E-state index in [0.29, 0.717) is 15.8 Å². The van der Waals surface area contributed by atoms with Crippen LogP contribution in [0.1, 0.15) is 61.6 Å². The van der Waals surface area contributed by atoms with Crippen molar-refractivity contribution in [3.05, 3.63) is 88.5 Å². The Labute approximate surface area is 270 Å². The Kier molecular flexibility index (Phi) is 11.4. The molecule has 1 aliphatic carbocycles. The van der Waals surface area contributed by atoms with Crippen LogP contribution >= 0.6 is 0 Å². The van der Waals surface area contributed by atoms with Gasteiger partial charge < -0.3 is 15.0 Å². The van der Waals surface area contributed by atoms with Crippen LogP contribution in [-0.4, -0.2) is 50.7 Å². The quantitative estimate of drug-likeness (QED) is 0.123. The lowest BCUT2D eigenvalue weighted by Gasteiger charge is -2.27. The Bertz CT molecular complexity index is 1720. The van der Waals surface area contributed by atoms with E-state index in [0.717, 1.165) is 39.7 Å². The molecule has 4 rings (SSSR count). The third kappa shape index (κ3) is 7.99. The van der Waals surface area contributed by atoms with E-state index in [2.05, 4.69) is 10.1 Å². The molecule has 14 heteroatoms. The highest BCUT2D eigenvalue weighted by atomic mass is 32.2. The summed E-state index contributed by atoms with van der Waals surface area (Å²) < 4.78 is 89.0. The number of carbonyl (C=O) groups excluding carboxylic acids is 3. The number of rotatable bonds is 10. The maximum absolute atomic E-state index is 14.7. The number of nitrogens with zero attached hydrogens (tertiary/aromatic N) is 2. The number of anilines is 2. The SMILES string of the molecule is CCOC(=O)C(=O)Nc1ccc(N(Cc2ccc(C3CCCCC3)cc2)C(=O)CN(C)S(=O)(=O)c2c(F)c(F)c(C)c(F)c2F)cc1. The maximum Gasteiger partial charge on any atom is 0.397 e. The molecule has 0 aromatic heterocycles. The number of likely N-dealkylation sites (N-methyl/N-ethyl adjacent to an activating group) is 1. The van der Waals surface area contributed by atoms with Crippen LogP contribution in [0.4, 0.5) is 28.9 Å². The normalized spacial score (nSPS) is 13.8. The van der Waals surface area contributed by atoms with Crippen molar-refractivity contribution in [3.8, 4) is 0 Å². The Morgan fingerprint density at radius 1 is 0.872 bits per heavy atom. The minimum atomic E-state index is -5.23. The lowest BCUT2D eigenvalue weighted by Crippen LogP contribution is -2.41. The predicted molar refractivity (Wildman–Crippen MR) is 166 cm³/mol. The van der Waals surface area contributed by atoms with Gasteiger partial charge in [0, 0.05) is 24.0 Å². The van der Waals surface area contributed by atoms with E-state index >= 15 is 0 Å². The number of carbonyl (C=O) groups is 3. The number of esters is 1. The molecule has 0 aliphatic heterocycles. The number of amides is 2. The van der Waals surface area contributed by atoms with E-state index in [1.54, 1.807) is 6.92 Å². The molecule has 0 spiro atoms. The van der Waals surface area contributed by atoms with Crippen LogP contribution in [0, 0.1) is 30.2 Å². The third-order valence-electron chi connectivity index (χ3n) is 8.06. The van der Waals surface area contributed by atoms with Crippen molar-refractivity contribution in [2.24, 2.45) is 0 Å². The van der Waals surface area contributed by atoms with Crippen molar-refractivity contribution >= 4 is 39.2 Å². The van der Waals surface area contributed by atoms with Crippen LogP contribution in [0.3, 0.4) is 0 Å². The van der Waals surface area contributed by atoms with E-state index < -0.39 is 68.1 Å². The van der Waals surface area contributed by atoms with E-state index in [1.165, 1.54) is 41.1 Å². The van der Waals surface area contributed by atoms with Gasteiger partial charge in [0.1, 0.15) is 0 Å². The minimum Gasteiger partial charge on any atom is -0.459 e. The number of hydrogen-bond donors (Lipinski definition) is 1. The number of ether oxygens (including phenoxy) is 1. The molecule has 1 fully saturated rings. The number of sulfonamides is 1. The molecular formula is C33H35F4N3O6S. The first-order valence-electron chi connectivity index (χ1n) is 15.0. The fraction of sp³-hybridized carbons (Fsp3) is 0.364. The second-order valence-corrected chi connectivity index (χ2v) is 13.2. The van der Waals surface area contributed by atoms with Crippen LogP contribution in [0.15, 0.2) is 53.4 Å². The van der Waals surface area contributed by atoms with Crippen molar-refractivity contribution in [1.29, 1.82) is 0 Å². The molecular weight excluding hydrogens is 642 g/mol.